The highest BCUT2D eigenvalue weighted by molar-refractivity contribution is 5.27. The molecule has 0 radical (unpaired) electrons. The number of aliphatic hydroxyl groups is 1. The summed E-state index contributed by atoms with van der Waals surface area (Å²) in [6.07, 6.45) is 3.97. The van der Waals surface area contributed by atoms with Crippen molar-refractivity contribution in [1.82, 2.24) is 0 Å². The maximum absolute atomic E-state index is 9.42. The van der Waals surface area contributed by atoms with Crippen LogP contribution in [-0.2, 0) is 4.74 Å². The summed E-state index contributed by atoms with van der Waals surface area (Å²) in [4.78, 5) is 0. The number of ether oxygens (including phenoxy) is 1. The van der Waals surface area contributed by atoms with Crippen LogP contribution in [0.5, 0.6) is 0 Å². The molecule has 0 amide bonds. The molecule has 5 N–H and O–H groups in total. The van der Waals surface area contributed by atoms with Gasteiger partial charge in [0.1, 0.15) is 6.10 Å². The molecule has 62 valence electrons. The van der Waals surface area contributed by atoms with Crippen molar-refractivity contribution >= 4 is 0 Å². The lowest BCUT2D eigenvalue weighted by molar-refractivity contribution is -0.0343. The van der Waals surface area contributed by atoms with Crippen molar-refractivity contribution in [3.05, 3.63) is 23.9 Å². The molecule has 0 heterocycles. The van der Waals surface area contributed by atoms with Crippen molar-refractivity contribution in [2.24, 2.45) is 11.5 Å². The van der Waals surface area contributed by atoms with E-state index in [-0.39, 0.29) is 0 Å². The summed E-state index contributed by atoms with van der Waals surface area (Å²) >= 11 is 0. The third-order valence-corrected chi connectivity index (χ3v) is 1.60. The van der Waals surface area contributed by atoms with Gasteiger partial charge in [-0.1, -0.05) is 0 Å². The first-order chi connectivity index (χ1) is 5.06. The predicted molar refractivity (Wildman–Crippen MR) is 41.3 cm³/mol. The summed E-state index contributed by atoms with van der Waals surface area (Å²) in [6, 6.07) is 0. The molecule has 0 saturated carbocycles. The van der Waals surface area contributed by atoms with E-state index in [4.69, 9.17) is 16.2 Å². The van der Waals surface area contributed by atoms with Gasteiger partial charge in [-0.2, -0.15) is 0 Å². The van der Waals surface area contributed by atoms with Crippen molar-refractivity contribution < 1.29 is 9.84 Å². The van der Waals surface area contributed by atoms with Gasteiger partial charge in [-0.25, -0.2) is 0 Å². The van der Waals surface area contributed by atoms with Gasteiger partial charge in [0.25, 0.3) is 0 Å². The van der Waals surface area contributed by atoms with Crippen LogP contribution in [-0.4, -0.2) is 24.0 Å². The van der Waals surface area contributed by atoms with Crippen LogP contribution in [0.1, 0.15) is 0 Å². The number of nitrogens with two attached hydrogens (primary N) is 2. The molecule has 4 heteroatoms. The van der Waals surface area contributed by atoms with E-state index in [1.54, 1.807) is 12.2 Å². The van der Waals surface area contributed by atoms with Gasteiger partial charge < -0.3 is 15.6 Å². The molecule has 0 aromatic rings. The Balaban J connectivity index is 2.84. The molecular weight excluding hydrogens is 144 g/mol. The normalized spacial score (nSPS) is 37.0. The van der Waals surface area contributed by atoms with E-state index in [9.17, 15) is 5.11 Å². The summed E-state index contributed by atoms with van der Waals surface area (Å²) in [5, 5.41) is 9.42. The first-order valence-corrected chi connectivity index (χ1v) is 3.27. The molecule has 1 aliphatic carbocycles. The van der Waals surface area contributed by atoms with E-state index in [0.717, 1.165) is 0 Å². The first-order valence-electron chi connectivity index (χ1n) is 3.27. The SMILES string of the molecule is COC1C=C(N)C=CC1(N)O. The Labute approximate surface area is 65.1 Å². The third kappa shape index (κ3) is 1.59. The lowest BCUT2D eigenvalue weighted by Crippen LogP contribution is -2.50. The molecule has 4 nitrogen and oxygen atoms in total. The molecule has 0 aromatic heterocycles. The molecule has 0 fully saturated rings. The summed E-state index contributed by atoms with van der Waals surface area (Å²) < 4.78 is 4.89. The van der Waals surface area contributed by atoms with E-state index in [2.05, 4.69) is 0 Å². The topological polar surface area (TPSA) is 81.5 Å². The summed E-state index contributed by atoms with van der Waals surface area (Å²) in [6.45, 7) is 0. The van der Waals surface area contributed by atoms with E-state index < -0.39 is 11.8 Å². The Morgan fingerprint density at radius 1 is 1.73 bits per heavy atom. The molecule has 0 aromatic carbocycles. The predicted octanol–water partition coefficient (Wildman–Crippen LogP) is -0.939. The van der Waals surface area contributed by atoms with Crippen LogP contribution >= 0.6 is 0 Å². The Morgan fingerprint density at radius 3 is 2.82 bits per heavy atom. The number of allylic oxidation sites excluding steroid dienone is 1. The average molecular weight is 156 g/mol. The third-order valence-electron chi connectivity index (χ3n) is 1.60. The highest BCUT2D eigenvalue weighted by Gasteiger charge is 2.30. The zero-order chi connectivity index (χ0) is 8.48. The van der Waals surface area contributed by atoms with Gasteiger partial charge in [-0.3, -0.25) is 5.73 Å². The van der Waals surface area contributed by atoms with Gasteiger partial charge in [0, 0.05) is 12.8 Å². The second-order valence-corrected chi connectivity index (χ2v) is 2.54. The van der Waals surface area contributed by atoms with Crippen LogP contribution in [0.15, 0.2) is 23.9 Å². The molecule has 1 rings (SSSR count). The monoisotopic (exact) mass is 156 g/mol. The Bertz CT molecular complexity index is 208. The van der Waals surface area contributed by atoms with Crippen LogP contribution in [0.25, 0.3) is 0 Å². The van der Waals surface area contributed by atoms with Crippen molar-refractivity contribution in [3.63, 3.8) is 0 Å². The second-order valence-electron chi connectivity index (χ2n) is 2.54. The van der Waals surface area contributed by atoms with Crippen molar-refractivity contribution in [3.8, 4) is 0 Å². The standard InChI is InChI=1S/C7H12N2O2/c1-11-6-4-5(8)2-3-7(6,9)10/h2-4,6,10H,8-9H2,1H3. The smallest absolute Gasteiger partial charge is 0.163 e. The van der Waals surface area contributed by atoms with Crippen LogP contribution in [0.3, 0.4) is 0 Å². The highest BCUT2D eigenvalue weighted by Crippen LogP contribution is 2.16. The van der Waals surface area contributed by atoms with Crippen LogP contribution < -0.4 is 11.5 Å². The van der Waals surface area contributed by atoms with Crippen LogP contribution in [0.4, 0.5) is 0 Å². The van der Waals surface area contributed by atoms with E-state index in [1.807, 2.05) is 0 Å². The maximum atomic E-state index is 9.42. The minimum absolute atomic E-state index is 0.548. The maximum Gasteiger partial charge on any atom is 0.163 e. The van der Waals surface area contributed by atoms with Crippen LogP contribution in [0, 0.1) is 0 Å². The molecule has 0 bridgehead atoms. The van der Waals surface area contributed by atoms with Gasteiger partial charge in [0.05, 0.1) is 0 Å². The van der Waals surface area contributed by atoms with Gasteiger partial charge >= 0.3 is 0 Å². The molecular formula is C7H12N2O2. The van der Waals surface area contributed by atoms with Crippen molar-refractivity contribution in [2.75, 3.05) is 7.11 Å². The fourth-order valence-electron chi connectivity index (χ4n) is 0.945. The quantitative estimate of drug-likeness (QED) is 0.428. The van der Waals surface area contributed by atoms with E-state index >= 15 is 0 Å². The van der Waals surface area contributed by atoms with Gasteiger partial charge in [0.2, 0.25) is 0 Å². The number of methoxy groups -OCH3 is 1. The molecule has 11 heavy (non-hydrogen) atoms. The van der Waals surface area contributed by atoms with Gasteiger partial charge in [-0.15, -0.1) is 0 Å². The number of rotatable bonds is 1. The van der Waals surface area contributed by atoms with E-state index in [1.165, 1.54) is 13.2 Å². The first kappa shape index (κ1) is 8.26. The minimum atomic E-state index is -1.43. The Hall–Kier alpha value is -0.840. The zero-order valence-corrected chi connectivity index (χ0v) is 6.32. The lowest BCUT2D eigenvalue weighted by Gasteiger charge is -2.28. The minimum Gasteiger partial charge on any atom is -0.399 e. The van der Waals surface area contributed by atoms with Gasteiger partial charge in [0.15, 0.2) is 5.72 Å². The van der Waals surface area contributed by atoms with Gasteiger partial charge in [-0.05, 0) is 18.2 Å². The highest BCUT2D eigenvalue weighted by atomic mass is 16.5. The van der Waals surface area contributed by atoms with E-state index in [0.29, 0.717) is 5.70 Å². The Kier molecular flexibility index (Phi) is 1.99. The molecule has 2 unspecified atom stereocenters. The molecule has 1 aliphatic rings. The summed E-state index contributed by atoms with van der Waals surface area (Å²) in [7, 11) is 1.46. The lowest BCUT2D eigenvalue weighted by atomic mass is 10.0. The largest absolute Gasteiger partial charge is 0.399 e. The second kappa shape index (κ2) is 2.65. The fourth-order valence-corrected chi connectivity index (χ4v) is 0.945. The molecule has 2 atom stereocenters. The summed E-state index contributed by atoms with van der Waals surface area (Å²) in [5.74, 6) is 0. The average Bonchev–Trinajstić information content (AvgIpc) is 1.94. The molecule has 0 saturated heterocycles. The number of hydrogen-bond donors (Lipinski definition) is 3. The van der Waals surface area contributed by atoms with Crippen LogP contribution in [0.2, 0.25) is 0 Å². The molecule has 0 spiro atoms. The van der Waals surface area contributed by atoms with Crippen molar-refractivity contribution in [2.45, 2.75) is 11.8 Å². The molecule has 0 aliphatic heterocycles. The fraction of sp³-hybridized carbons (Fsp3) is 0.429. The Morgan fingerprint density at radius 2 is 2.36 bits per heavy atom. The summed E-state index contributed by atoms with van der Waals surface area (Å²) in [5.41, 5.74) is 10.0. The zero-order valence-electron chi connectivity index (χ0n) is 6.32. The number of hydrogen-bond acceptors (Lipinski definition) is 4. The van der Waals surface area contributed by atoms with Crippen molar-refractivity contribution in [1.29, 1.82) is 0 Å².